The first kappa shape index (κ1) is 16.0. The molecule has 1 fully saturated rings. The monoisotopic (exact) mass is 255 g/mol. The van der Waals surface area contributed by atoms with Crippen molar-refractivity contribution in [1.82, 2.24) is 5.32 Å². The molecule has 1 aliphatic rings. The maximum absolute atomic E-state index is 5.95. The summed E-state index contributed by atoms with van der Waals surface area (Å²) in [5, 5.41) is 3.49. The summed E-state index contributed by atoms with van der Waals surface area (Å²) in [7, 11) is 2.09. The Morgan fingerprint density at radius 1 is 1.06 bits per heavy atom. The highest BCUT2D eigenvalue weighted by Gasteiger charge is 2.36. The van der Waals surface area contributed by atoms with Crippen LogP contribution in [-0.2, 0) is 4.74 Å². The van der Waals surface area contributed by atoms with E-state index >= 15 is 0 Å². The van der Waals surface area contributed by atoms with Gasteiger partial charge in [0, 0.05) is 12.6 Å². The molecule has 0 amide bonds. The number of rotatable bonds is 12. The van der Waals surface area contributed by atoms with Gasteiger partial charge in [-0.05, 0) is 39.2 Å². The van der Waals surface area contributed by atoms with Gasteiger partial charge in [-0.25, -0.2) is 0 Å². The van der Waals surface area contributed by atoms with Gasteiger partial charge in [0.2, 0.25) is 0 Å². The first-order valence-electron chi connectivity index (χ1n) is 8.12. The molecule has 1 aliphatic carbocycles. The van der Waals surface area contributed by atoms with Crippen molar-refractivity contribution < 1.29 is 4.74 Å². The van der Waals surface area contributed by atoms with Crippen LogP contribution < -0.4 is 5.32 Å². The zero-order chi connectivity index (χ0) is 13.2. The molecular weight excluding hydrogens is 222 g/mol. The molecule has 0 aromatic carbocycles. The van der Waals surface area contributed by atoms with Crippen molar-refractivity contribution in [2.45, 2.75) is 83.8 Å². The Hall–Kier alpha value is -0.0800. The molecule has 0 spiro atoms. The van der Waals surface area contributed by atoms with Gasteiger partial charge in [-0.15, -0.1) is 0 Å². The van der Waals surface area contributed by atoms with Gasteiger partial charge in [0.25, 0.3) is 0 Å². The average molecular weight is 255 g/mol. The van der Waals surface area contributed by atoms with E-state index in [0.717, 1.165) is 12.5 Å². The van der Waals surface area contributed by atoms with Crippen molar-refractivity contribution in [1.29, 1.82) is 0 Å². The highest BCUT2D eigenvalue weighted by Crippen LogP contribution is 2.36. The Morgan fingerprint density at radius 2 is 1.72 bits per heavy atom. The summed E-state index contributed by atoms with van der Waals surface area (Å²) in [5.41, 5.74) is 0. The number of hydrogen-bond acceptors (Lipinski definition) is 2. The maximum Gasteiger partial charge on any atom is 0.0755 e. The second-order valence-corrected chi connectivity index (χ2v) is 5.71. The fourth-order valence-electron chi connectivity index (χ4n) is 2.82. The number of nitrogens with one attached hydrogen (secondary N) is 1. The fourth-order valence-corrected chi connectivity index (χ4v) is 2.82. The molecule has 0 saturated heterocycles. The van der Waals surface area contributed by atoms with Crippen LogP contribution in [0.4, 0.5) is 0 Å². The van der Waals surface area contributed by atoms with E-state index in [1.165, 1.54) is 57.8 Å². The third-order valence-corrected chi connectivity index (χ3v) is 4.08. The van der Waals surface area contributed by atoms with Crippen molar-refractivity contribution in [2.24, 2.45) is 5.92 Å². The van der Waals surface area contributed by atoms with Crippen LogP contribution in [0, 0.1) is 5.92 Å². The number of hydrogen-bond donors (Lipinski definition) is 1. The van der Waals surface area contributed by atoms with Crippen LogP contribution in [0.25, 0.3) is 0 Å². The summed E-state index contributed by atoms with van der Waals surface area (Å²) in [6.07, 6.45) is 12.8. The van der Waals surface area contributed by atoms with Crippen LogP contribution in [0.1, 0.15) is 71.6 Å². The molecule has 2 nitrogen and oxygen atoms in total. The van der Waals surface area contributed by atoms with E-state index in [1.807, 2.05) is 0 Å². The van der Waals surface area contributed by atoms with Crippen LogP contribution in [0.3, 0.4) is 0 Å². The van der Waals surface area contributed by atoms with E-state index in [4.69, 9.17) is 4.74 Å². The molecule has 2 heteroatoms. The van der Waals surface area contributed by atoms with Crippen molar-refractivity contribution in [3.05, 3.63) is 0 Å². The van der Waals surface area contributed by atoms with Crippen LogP contribution in [0.2, 0.25) is 0 Å². The third kappa shape index (κ3) is 6.19. The summed E-state index contributed by atoms with van der Waals surface area (Å²) < 4.78 is 5.95. The van der Waals surface area contributed by atoms with E-state index in [9.17, 15) is 0 Å². The minimum absolute atomic E-state index is 0.468. The molecule has 0 aliphatic heterocycles. The van der Waals surface area contributed by atoms with Crippen molar-refractivity contribution in [2.75, 3.05) is 13.7 Å². The molecular formula is C16H33NO. The summed E-state index contributed by atoms with van der Waals surface area (Å²) >= 11 is 0. The Bertz CT molecular complexity index is 192. The van der Waals surface area contributed by atoms with Crippen molar-refractivity contribution >= 4 is 0 Å². The molecule has 0 aromatic rings. The van der Waals surface area contributed by atoms with Gasteiger partial charge in [0.1, 0.15) is 0 Å². The summed E-state index contributed by atoms with van der Waals surface area (Å²) in [6, 6.07) is 0.573. The lowest BCUT2D eigenvalue weighted by molar-refractivity contribution is 0.0183. The summed E-state index contributed by atoms with van der Waals surface area (Å²) in [4.78, 5) is 0. The van der Waals surface area contributed by atoms with Crippen LogP contribution in [0.15, 0.2) is 0 Å². The lowest BCUT2D eigenvalue weighted by Gasteiger charge is -2.27. The van der Waals surface area contributed by atoms with Crippen LogP contribution in [0.5, 0.6) is 0 Å². The smallest absolute Gasteiger partial charge is 0.0755 e. The van der Waals surface area contributed by atoms with Gasteiger partial charge < -0.3 is 10.1 Å². The molecule has 0 radical (unpaired) electrons. The molecule has 18 heavy (non-hydrogen) atoms. The third-order valence-electron chi connectivity index (χ3n) is 4.08. The quantitative estimate of drug-likeness (QED) is 0.529. The maximum atomic E-state index is 5.95. The van der Waals surface area contributed by atoms with Crippen molar-refractivity contribution in [3.8, 4) is 0 Å². The van der Waals surface area contributed by atoms with Gasteiger partial charge in [-0.1, -0.05) is 45.4 Å². The van der Waals surface area contributed by atoms with Crippen LogP contribution >= 0.6 is 0 Å². The predicted octanol–water partition coefficient (Wildman–Crippen LogP) is 4.14. The van der Waals surface area contributed by atoms with Gasteiger partial charge >= 0.3 is 0 Å². The van der Waals surface area contributed by atoms with Gasteiger partial charge in [-0.3, -0.25) is 0 Å². The molecule has 2 unspecified atom stereocenters. The molecule has 1 saturated carbocycles. The highest BCUT2D eigenvalue weighted by molar-refractivity contribution is 4.89. The SMILES string of the molecule is CCCCCCCCC(NC)C(OCC)C1CC1. The Balaban J connectivity index is 2.14. The lowest BCUT2D eigenvalue weighted by atomic mass is 9.99. The minimum atomic E-state index is 0.468. The first-order valence-corrected chi connectivity index (χ1v) is 8.12. The Labute approximate surface area is 114 Å². The molecule has 1 rings (SSSR count). The van der Waals surface area contributed by atoms with Gasteiger partial charge in [0.15, 0.2) is 0 Å². The lowest BCUT2D eigenvalue weighted by Crippen LogP contribution is -2.40. The molecule has 0 heterocycles. The average Bonchev–Trinajstić information content (AvgIpc) is 3.20. The zero-order valence-electron chi connectivity index (χ0n) is 12.7. The topological polar surface area (TPSA) is 21.3 Å². The van der Waals surface area contributed by atoms with E-state index in [0.29, 0.717) is 12.1 Å². The number of ether oxygens (including phenoxy) is 1. The Kier molecular flexibility index (Phi) is 8.70. The van der Waals surface area contributed by atoms with Crippen LogP contribution in [-0.4, -0.2) is 25.8 Å². The second-order valence-electron chi connectivity index (χ2n) is 5.71. The first-order chi connectivity index (χ1) is 8.83. The minimum Gasteiger partial charge on any atom is -0.377 e. The summed E-state index contributed by atoms with van der Waals surface area (Å²) in [6.45, 7) is 5.25. The normalized spacial score (nSPS) is 18.8. The number of unbranched alkanes of at least 4 members (excludes halogenated alkanes) is 5. The molecule has 0 bridgehead atoms. The fraction of sp³-hybridized carbons (Fsp3) is 1.00. The Morgan fingerprint density at radius 3 is 2.28 bits per heavy atom. The van der Waals surface area contributed by atoms with E-state index in [2.05, 4.69) is 26.2 Å². The van der Waals surface area contributed by atoms with E-state index in [1.54, 1.807) is 0 Å². The molecule has 108 valence electrons. The molecule has 1 N–H and O–H groups in total. The van der Waals surface area contributed by atoms with Gasteiger partial charge in [0.05, 0.1) is 6.10 Å². The van der Waals surface area contributed by atoms with Crippen molar-refractivity contribution in [3.63, 3.8) is 0 Å². The van der Waals surface area contributed by atoms with E-state index in [-0.39, 0.29) is 0 Å². The standard InChI is InChI=1S/C16H33NO/c1-4-6-7-8-9-10-11-15(17-3)16(18-5-2)14-12-13-14/h14-17H,4-13H2,1-3H3. The molecule has 0 aromatic heterocycles. The largest absolute Gasteiger partial charge is 0.377 e. The number of likely N-dealkylation sites (N-methyl/N-ethyl adjacent to an activating group) is 1. The van der Waals surface area contributed by atoms with Gasteiger partial charge in [-0.2, -0.15) is 0 Å². The second kappa shape index (κ2) is 9.80. The zero-order valence-corrected chi connectivity index (χ0v) is 12.7. The summed E-state index contributed by atoms with van der Waals surface area (Å²) in [5.74, 6) is 0.836. The molecule has 2 atom stereocenters. The van der Waals surface area contributed by atoms with E-state index < -0.39 is 0 Å². The predicted molar refractivity (Wildman–Crippen MR) is 79.0 cm³/mol. The highest BCUT2D eigenvalue weighted by atomic mass is 16.5.